The van der Waals surface area contributed by atoms with Crippen molar-refractivity contribution in [1.82, 2.24) is 14.8 Å². The van der Waals surface area contributed by atoms with Crippen molar-refractivity contribution < 1.29 is 9.53 Å². The van der Waals surface area contributed by atoms with Crippen molar-refractivity contribution in [2.24, 2.45) is 0 Å². The van der Waals surface area contributed by atoms with Gasteiger partial charge in [-0.15, -0.1) is 0 Å². The van der Waals surface area contributed by atoms with Crippen LogP contribution in [0.15, 0.2) is 115 Å². The number of aromatic nitrogens is 1. The van der Waals surface area contributed by atoms with Gasteiger partial charge in [0.15, 0.2) is 0 Å². The molecule has 5 heteroatoms. The van der Waals surface area contributed by atoms with Crippen LogP contribution in [-0.2, 0) is 17.9 Å². The lowest BCUT2D eigenvalue weighted by Crippen LogP contribution is -2.34. The van der Waals surface area contributed by atoms with Gasteiger partial charge in [0, 0.05) is 42.0 Å². The van der Waals surface area contributed by atoms with Crippen LogP contribution in [0, 0.1) is 0 Å². The van der Waals surface area contributed by atoms with E-state index in [2.05, 4.69) is 121 Å². The van der Waals surface area contributed by atoms with Crippen LogP contribution in [0.4, 0.5) is 0 Å². The average molecular weight is 602 g/mol. The lowest BCUT2D eigenvalue weighted by atomic mass is 9.87. The van der Waals surface area contributed by atoms with Crippen LogP contribution in [0.1, 0.15) is 68.2 Å². The molecule has 0 bridgehead atoms. The molecule has 1 heterocycles. The summed E-state index contributed by atoms with van der Waals surface area (Å²) in [7, 11) is 0. The zero-order valence-corrected chi connectivity index (χ0v) is 27.0. The van der Waals surface area contributed by atoms with E-state index < -0.39 is 0 Å². The second-order valence-corrected chi connectivity index (χ2v) is 12.0. The van der Waals surface area contributed by atoms with Crippen molar-refractivity contribution in [2.75, 3.05) is 19.6 Å². The first kappa shape index (κ1) is 32.1. The third kappa shape index (κ3) is 8.86. The highest BCUT2D eigenvalue weighted by atomic mass is 16.5. The Hall–Kier alpha value is -4.35. The third-order valence-electron chi connectivity index (χ3n) is 8.70. The van der Waals surface area contributed by atoms with Crippen molar-refractivity contribution >= 4 is 16.8 Å². The lowest BCUT2D eigenvalue weighted by molar-refractivity contribution is -0.121. The zero-order chi connectivity index (χ0) is 31.4. The molecule has 5 nitrogen and oxygen atoms in total. The summed E-state index contributed by atoms with van der Waals surface area (Å²) in [6.07, 6.45) is 4.65. The summed E-state index contributed by atoms with van der Waals surface area (Å²) in [4.78, 5) is 16.1. The molecule has 234 valence electrons. The number of amides is 1. The fourth-order valence-corrected chi connectivity index (χ4v) is 6.19. The van der Waals surface area contributed by atoms with Gasteiger partial charge in [-0.3, -0.25) is 4.79 Å². The van der Waals surface area contributed by atoms with Gasteiger partial charge in [-0.05, 0) is 79.9 Å². The number of ether oxygens (including phenoxy) is 1. The Balaban J connectivity index is 1.42. The Bertz CT molecular complexity index is 1630. The molecule has 0 radical (unpaired) electrons. The van der Waals surface area contributed by atoms with Crippen LogP contribution in [0.25, 0.3) is 10.9 Å². The molecule has 0 aliphatic rings. The van der Waals surface area contributed by atoms with Crippen molar-refractivity contribution in [3.05, 3.63) is 138 Å². The Labute approximate surface area is 268 Å². The largest absolute Gasteiger partial charge is 0.489 e. The van der Waals surface area contributed by atoms with Gasteiger partial charge >= 0.3 is 0 Å². The summed E-state index contributed by atoms with van der Waals surface area (Å²) in [5.41, 5.74) is 5.77. The van der Waals surface area contributed by atoms with Gasteiger partial charge < -0.3 is 19.5 Å². The number of nitrogens with one attached hydrogen (secondary N) is 1. The Kier molecular flexibility index (Phi) is 11.5. The predicted molar refractivity (Wildman–Crippen MR) is 186 cm³/mol. The first-order chi connectivity index (χ1) is 22.0. The molecule has 0 aliphatic carbocycles. The van der Waals surface area contributed by atoms with Crippen LogP contribution in [0.5, 0.6) is 5.75 Å². The van der Waals surface area contributed by atoms with E-state index in [1.54, 1.807) is 0 Å². The number of para-hydroxylation sites is 1. The summed E-state index contributed by atoms with van der Waals surface area (Å²) < 4.78 is 8.55. The minimum atomic E-state index is -0.130. The van der Waals surface area contributed by atoms with Gasteiger partial charge in [-0.2, -0.15) is 0 Å². The summed E-state index contributed by atoms with van der Waals surface area (Å²) in [6, 6.07) is 37.7. The molecule has 0 fully saturated rings. The smallest absolute Gasteiger partial charge is 0.221 e. The normalized spacial score (nSPS) is 12.7. The number of fused-ring (bicyclic) bond motifs is 1. The van der Waals surface area contributed by atoms with E-state index in [0.717, 1.165) is 61.5 Å². The van der Waals surface area contributed by atoms with Gasteiger partial charge in [0.25, 0.3) is 0 Å². The molecule has 4 aromatic carbocycles. The first-order valence-electron chi connectivity index (χ1n) is 16.4. The highest BCUT2D eigenvalue weighted by Gasteiger charge is 2.24. The molecule has 2 atom stereocenters. The zero-order valence-electron chi connectivity index (χ0n) is 27.0. The van der Waals surface area contributed by atoms with E-state index in [0.29, 0.717) is 13.0 Å². The lowest BCUT2D eigenvalue weighted by Gasteiger charge is -2.22. The standard InChI is InChI=1S/C40H47N3O2/c1-4-42(5-2)25-15-16-31(3)41-40(44)27-37(34-21-14-22-35(26-34)45-30-33-19-10-7-11-20-33)38-29-43(28-32-17-8-6-9-18-32)39-24-13-12-23-36(38)39/h6-14,17-24,26,29,31,37H,4-5,15-16,25,27-28,30H2,1-3H3,(H,41,44). The molecule has 1 aromatic heterocycles. The van der Waals surface area contributed by atoms with Crippen molar-refractivity contribution in [3.8, 4) is 5.75 Å². The number of hydrogen-bond acceptors (Lipinski definition) is 3. The molecule has 0 aliphatic heterocycles. The molecule has 0 saturated heterocycles. The van der Waals surface area contributed by atoms with Gasteiger partial charge in [-0.25, -0.2) is 0 Å². The molecule has 1 N–H and O–H groups in total. The molecule has 2 unspecified atom stereocenters. The molecular formula is C40H47N3O2. The van der Waals surface area contributed by atoms with Gasteiger partial charge in [0.05, 0.1) is 0 Å². The second-order valence-electron chi connectivity index (χ2n) is 12.0. The minimum absolute atomic E-state index is 0.0748. The second kappa shape index (κ2) is 16.1. The fourth-order valence-electron chi connectivity index (χ4n) is 6.19. The highest BCUT2D eigenvalue weighted by Crippen LogP contribution is 2.36. The number of carbonyl (C=O) groups excluding carboxylic acids is 1. The molecule has 5 rings (SSSR count). The van der Waals surface area contributed by atoms with Gasteiger partial charge in [-0.1, -0.05) is 105 Å². The van der Waals surface area contributed by atoms with E-state index >= 15 is 0 Å². The maximum absolute atomic E-state index is 13.7. The van der Waals surface area contributed by atoms with Crippen LogP contribution in [0.2, 0.25) is 0 Å². The van der Waals surface area contributed by atoms with Crippen LogP contribution in [0.3, 0.4) is 0 Å². The molecule has 45 heavy (non-hydrogen) atoms. The van der Waals surface area contributed by atoms with Crippen LogP contribution in [-0.4, -0.2) is 41.1 Å². The Morgan fingerprint density at radius 2 is 1.53 bits per heavy atom. The number of nitrogens with zero attached hydrogens (tertiary/aromatic N) is 2. The molecule has 0 spiro atoms. The average Bonchev–Trinajstić information content (AvgIpc) is 3.43. The van der Waals surface area contributed by atoms with Gasteiger partial charge in [0.2, 0.25) is 5.91 Å². The summed E-state index contributed by atoms with van der Waals surface area (Å²) in [5.74, 6) is 0.750. The quantitative estimate of drug-likeness (QED) is 0.124. The monoisotopic (exact) mass is 601 g/mol. The van der Waals surface area contributed by atoms with E-state index in [9.17, 15) is 4.79 Å². The van der Waals surface area contributed by atoms with Crippen molar-refractivity contribution in [3.63, 3.8) is 0 Å². The molecule has 1 amide bonds. The SMILES string of the molecule is CCN(CC)CCCC(C)NC(=O)CC(c1cccc(OCc2ccccc2)c1)c1cn(Cc2ccccc2)c2ccccc12. The topological polar surface area (TPSA) is 46.5 Å². The predicted octanol–water partition coefficient (Wildman–Crippen LogP) is 8.42. The Morgan fingerprint density at radius 1 is 0.844 bits per heavy atom. The van der Waals surface area contributed by atoms with E-state index in [4.69, 9.17) is 4.74 Å². The van der Waals surface area contributed by atoms with Crippen LogP contribution < -0.4 is 10.1 Å². The number of carbonyl (C=O) groups is 1. The molecular weight excluding hydrogens is 554 g/mol. The van der Waals surface area contributed by atoms with Crippen molar-refractivity contribution in [1.29, 1.82) is 0 Å². The molecule has 0 saturated carbocycles. The number of rotatable bonds is 16. The highest BCUT2D eigenvalue weighted by molar-refractivity contribution is 5.87. The van der Waals surface area contributed by atoms with E-state index in [1.165, 1.54) is 16.5 Å². The van der Waals surface area contributed by atoms with Crippen molar-refractivity contribution in [2.45, 2.75) is 65.1 Å². The summed E-state index contributed by atoms with van der Waals surface area (Å²) >= 11 is 0. The fraction of sp³-hybridized carbons (Fsp3) is 0.325. The minimum Gasteiger partial charge on any atom is -0.489 e. The van der Waals surface area contributed by atoms with E-state index in [-0.39, 0.29) is 17.9 Å². The third-order valence-corrected chi connectivity index (χ3v) is 8.70. The van der Waals surface area contributed by atoms with Gasteiger partial charge in [0.1, 0.15) is 12.4 Å². The maximum atomic E-state index is 13.7. The Morgan fingerprint density at radius 3 is 2.27 bits per heavy atom. The number of hydrogen-bond donors (Lipinski definition) is 1. The number of benzene rings is 4. The van der Waals surface area contributed by atoms with Crippen LogP contribution >= 0.6 is 0 Å². The first-order valence-corrected chi connectivity index (χ1v) is 16.4. The maximum Gasteiger partial charge on any atom is 0.221 e. The summed E-state index contributed by atoms with van der Waals surface area (Å²) in [5, 5.41) is 4.50. The van der Waals surface area contributed by atoms with E-state index in [1.807, 2.05) is 30.3 Å². The molecule has 5 aromatic rings. The summed E-state index contributed by atoms with van der Waals surface area (Å²) in [6.45, 7) is 11.0.